The average molecular weight is 220 g/mol. The first-order valence-corrected chi connectivity index (χ1v) is 5.34. The number of ether oxygens (including phenoxy) is 2. The molecule has 0 aliphatic rings. The molecule has 0 fully saturated rings. The maximum absolute atomic E-state index is 11.1. The van der Waals surface area contributed by atoms with E-state index < -0.39 is 0 Å². The van der Waals surface area contributed by atoms with Crippen LogP contribution in [0.2, 0.25) is 0 Å². The molecule has 0 heterocycles. The summed E-state index contributed by atoms with van der Waals surface area (Å²) in [5.41, 5.74) is 0.941. The lowest BCUT2D eigenvalue weighted by molar-refractivity contribution is -0.137. The lowest BCUT2D eigenvalue weighted by Crippen LogP contribution is -1.98. The lowest BCUT2D eigenvalue weighted by atomic mass is 10.2. The molecular weight excluding hydrogens is 204 g/mol. The zero-order valence-corrected chi connectivity index (χ0v) is 9.60. The standard InChI is InChI=1S/C13H16O3/c1-3-15-12-8-5-11(6-9-12)7-10-13(14)16-4-2/h5-10H,3-4H2,1-2H3. The lowest BCUT2D eigenvalue weighted by Gasteiger charge is -2.02. The van der Waals surface area contributed by atoms with Crippen LogP contribution in [0.3, 0.4) is 0 Å². The number of esters is 1. The highest BCUT2D eigenvalue weighted by Gasteiger charge is 1.95. The Morgan fingerprint density at radius 1 is 1.19 bits per heavy atom. The molecule has 0 saturated heterocycles. The third-order valence-corrected chi connectivity index (χ3v) is 1.89. The number of benzene rings is 1. The van der Waals surface area contributed by atoms with Gasteiger partial charge in [0, 0.05) is 6.08 Å². The van der Waals surface area contributed by atoms with Crippen LogP contribution in [0.15, 0.2) is 30.3 Å². The van der Waals surface area contributed by atoms with E-state index in [-0.39, 0.29) is 5.97 Å². The Hall–Kier alpha value is -1.77. The van der Waals surface area contributed by atoms with Gasteiger partial charge in [-0.05, 0) is 37.6 Å². The zero-order chi connectivity index (χ0) is 11.8. The minimum atomic E-state index is -0.323. The molecule has 1 aromatic rings. The molecule has 0 unspecified atom stereocenters. The van der Waals surface area contributed by atoms with Crippen molar-refractivity contribution in [3.05, 3.63) is 35.9 Å². The van der Waals surface area contributed by atoms with Crippen LogP contribution in [0.25, 0.3) is 6.08 Å². The Balaban J connectivity index is 2.57. The second-order valence-corrected chi connectivity index (χ2v) is 3.09. The van der Waals surface area contributed by atoms with Gasteiger partial charge in [-0.25, -0.2) is 4.79 Å². The molecule has 0 aromatic heterocycles. The second kappa shape index (κ2) is 6.67. The van der Waals surface area contributed by atoms with E-state index in [1.165, 1.54) is 6.08 Å². The van der Waals surface area contributed by atoms with Crippen molar-refractivity contribution in [2.45, 2.75) is 13.8 Å². The summed E-state index contributed by atoms with van der Waals surface area (Å²) in [6, 6.07) is 7.52. The summed E-state index contributed by atoms with van der Waals surface area (Å²) < 4.78 is 10.1. The molecule has 0 aliphatic heterocycles. The van der Waals surface area contributed by atoms with Crippen molar-refractivity contribution in [3.8, 4) is 5.75 Å². The van der Waals surface area contributed by atoms with E-state index in [1.54, 1.807) is 13.0 Å². The Morgan fingerprint density at radius 2 is 1.88 bits per heavy atom. The second-order valence-electron chi connectivity index (χ2n) is 3.09. The van der Waals surface area contributed by atoms with Crippen molar-refractivity contribution in [2.24, 2.45) is 0 Å². The van der Waals surface area contributed by atoms with E-state index in [0.29, 0.717) is 13.2 Å². The molecule has 0 amide bonds. The van der Waals surface area contributed by atoms with Gasteiger partial charge in [-0.3, -0.25) is 0 Å². The van der Waals surface area contributed by atoms with Gasteiger partial charge in [-0.2, -0.15) is 0 Å². The van der Waals surface area contributed by atoms with Gasteiger partial charge in [-0.15, -0.1) is 0 Å². The maximum Gasteiger partial charge on any atom is 0.330 e. The molecule has 0 aliphatic carbocycles. The highest BCUT2D eigenvalue weighted by atomic mass is 16.5. The molecule has 16 heavy (non-hydrogen) atoms. The number of hydrogen-bond acceptors (Lipinski definition) is 3. The van der Waals surface area contributed by atoms with Crippen molar-refractivity contribution in [1.29, 1.82) is 0 Å². The highest BCUT2D eigenvalue weighted by Crippen LogP contribution is 2.12. The fourth-order valence-electron chi connectivity index (χ4n) is 1.20. The largest absolute Gasteiger partial charge is 0.494 e. The van der Waals surface area contributed by atoms with Gasteiger partial charge in [0.2, 0.25) is 0 Å². The fourth-order valence-corrected chi connectivity index (χ4v) is 1.20. The topological polar surface area (TPSA) is 35.5 Å². The van der Waals surface area contributed by atoms with Gasteiger partial charge in [-0.1, -0.05) is 12.1 Å². The summed E-state index contributed by atoms with van der Waals surface area (Å²) in [5.74, 6) is 0.507. The van der Waals surface area contributed by atoms with Gasteiger partial charge in [0.05, 0.1) is 13.2 Å². The first-order valence-electron chi connectivity index (χ1n) is 5.34. The number of carbonyl (C=O) groups is 1. The molecule has 0 N–H and O–H groups in total. The molecular formula is C13H16O3. The Labute approximate surface area is 95.7 Å². The van der Waals surface area contributed by atoms with Gasteiger partial charge in [0.1, 0.15) is 5.75 Å². The summed E-state index contributed by atoms with van der Waals surface area (Å²) in [6.07, 6.45) is 3.13. The summed E-state index contributed by atoms with van der Waals surface area (Å²) in [4.78, 5) is 11.1. The molecule has 0 atom stereocenters. The van der Waals surface area contributed by atoms with E-state index in [9.17, 15) is 4.79 Å². The summed E-state index contributed by atoms with van der Waals surface area (Å²) in [6.45, 7) is 4.77. The van der Waals surface area contributed by atoms with Crippen LogP contribution in [-0.2, 0) is 9.53 Å². The normalized spacial score (nSPS) is 10.4. The van der Waals surface area contributed by atoms with E-state index in [2.05, 4.69) is 0 Å². The molecule has 3 heteroatoms. The SMILES string of the molecule is CCOC(=O)C=Cc1ccc(OCC)cc1. The molecule has 0 bridgehead atoms. The number of rotatable bonds is 5. The summed E-state index contributed by atoms with van der Waals surface area (Å²) >= 11 is 0. The van der Waals surface area contributed by atoms with Crippen molar-refractivity contribution in [2.75, 3.05) is 13.2 Å². The quantitative estimate of drug-likeness (QED) is 0.565. The third kappa shape index (κ3) is 4.17. The zero-order valence-electron chi connectivity index (χ0n) is 9.60. The van der Waals surface area contributed by atoms with Gasteiger partial charge in [0.15, 0.2) is 0 Å². The number of carbonyl (C=O) groups excluding carboxylic acids is 1. The summed E-state index contributed by atoms with van der Waals surface area (Å²) in [7, 11) is 0. The third-order valence-electron chi connectivity index (χ3n) is 1.89. The molecule has 0 spiro atoms. The molecule has 0 radical (unpaired) electrons. The minimum absolute atomic E-state index is 0.323. The molecule has 86 valence electrons. The van der Waals surface area contributed by atoms with Crippen LogP contribution >= 0.6 is 0 Å². The average Bonchev–Trinajstić information content (AvgIpc) is 2.29. The molecule has 1 rings (SSSR count). The van der Waals surface area contributed by atoms with Gasteiger partial charge >= 0.3 is 5.97 Å². The van der Waals surface area contributed by atoms with Crippen LogP contribution in [0.5, 0.6) is 5.75 Å². The Morgan fingerprint density at radius 3 is 2.44 bits per heavy atom. The first-order chi connectivity index (χ1) is 7.76. The van der Waals surface area contributed by atoms with E-state index >= 15 is 0 Å². The van der Waals surface area contributed by atoms with E-state index in [1.807, 2.05) is 31.2 Å². The highest BCUT2D eigenvalue weighted by molar-refractivity contribution is 5.87. The van der Waals surface area contributed by atoms with Crippen LogP contribution in [0.1, 0.15) is 19.4 Å². The van der Waals surface area contributed by atoms with E-state index in [4.69, 9.17) is 9.47 Å². The Bertz CT molecular complexity index is 352. The van der Waals surface area contributed by atoms with Crippen molar-refractivity contribution >= 4 is 12.0 Å². The first kappa shape index (κ1) is 12.3. The number of hydrogen-bond donors (Lipinski definition) is 0. The fraction of sp³-hybridized carbons (Fsp3) is 0.308. The van der Waals surface area contributed by atoms with Gasteiger partial charge in [0.25, 0.3) is 0 Å². The van der Waals surface area contributed by atoms with Crippen molar-refractivity contribution in [3.63, 3.8) is 0 Å². The smallest absolute Gasteiger partial charge is 0.330 e. The predicted molar refractivity (Wildman–Crippen MR) is 63.3 cm³/mol. The van der Waals surface area contributed by atoms with Crippen molar-refractivity contribution in [1.82, 2.24) is 0 Å². The van der Waals surface area contributed by atoms with Crippen molar-refractivity contribution < 1.29 is 14.3 Å². The molecule has 1 aromatic carbocycles. The minimum Gasteiger partial charge on any atom is -0.494 e. The van der Waals surface area contributed by atoms with Crippen LogP contribution in [0.4, 0.5) is 0 Å². The molecule has 3 nitrogen and oxygen atoms in total. The maximum atomic E-state index is 11.1. The summed E-state index contributed by atoms with van der Waals surface area (Å²) in [5, 5.41) is 0. The van der Waals surface area contributed by atoms with Crippen LogP contribution < -0.4 is 4.74 Å². The van der Waals surface area contributed by atoms with Crippen LogP contribution in [0, 0.1) is 0 Å². The van der Waals surface area contributed by atoms with Crippen LogP contribution in [-0.4, -0.2) is 19.2 Å². The predicted octanol–water partition coefficient (Wildman–Crippen LogP) is 2.66. The molecule has 0 saturated carbocycles. The van der Waals surface area contributed by atoms with Gasteiger partial charge < -0.3 is 9.47 Å². The Kier molecular flexibility index (Phi) is 5.12. The van der Waals surface area contributed by atoms with E-state index in [0.717, 1.165) is 11.3 Å². The monoisotopic (exact) mass is 220 g/mol.